The molecular formula is C34H28N2. The molecule has 2 nitrogen and oxygen atoms in total. The fourth-order valence-electron chi connectivity index (χ4n) is 5.99. The van der Waals surface area contributed by atoms with Crippen LogP contribution in [0.2, 0.25) is 0 Å². The van der Waals surface area contributed by atoms with Crippen LogP contribution in [0, 0.1) is 6.92 Å². The fraction of sp³-hybridized carbons (Fsp3) is 0.118. The summed E-state index contributed by atoms with van der Waals surface area (Å²) in [5.74, 6) is 0. The highest BCUT2D eigenvalue weighted by Crippen LogP contribution is 2.53. The zero-order chi connectivity index (χ0) is 24.4. The molecule has 0 unspecified atom stereocenters. The molecule has 0 radical (unpaired) electrons. The minimum Gasteiger partial charge on any atom is -0.310 e. The summed E-state index contributed by atoms with van der Waals surface area (Å²) >= 11 is 0. The van der Waals surface area contributed by atoms with Crippen molar-refractivity contribution >= 4 is 38.9 Å². The van der Waals surface area contributed by atoms with Crippen LogP contribution in [-0.4, -0.2) is 4.57 Å². The van der Waals surface area contributed by atoms with E-state index in [9.17, 15) is 0 Å². The minimum atomic E-state index is -0.128. The van der Waals surface area contributed by atoms with Gasteiger partial charge in [-0.05, 0) is 66.6 Å². The summed E-state index contributed by atoms with van der Waals surface area (Å²) < 4.78 is 2.41. The number of hydrogen-bond donors (Lipinski definition) is 0. The van der Waals surface area contributed by atoms with E-state index in [-0.39, 0.29) is 5.41 Å². The Labute approximate surface area is 212 Å². The lowest BCUT2D eigenvalue weighted by molar-refractivity contribution is 0.633. The quantitative estimate of drug-likeness (QED) is 0.248. The molecule has 1 aliphatic rings. The van der Waals surface area contributed by atoms with Gasteiger partial charge in [-0.1, -0.05) is 86.1 Å². The van der Waals surface area contributed by atoms with Gasteiger partial charge < -0.3 is 9.47 Å². The number of hydrogen-bond acceptors (Lipinski definition) is 1. The molecular weight excluding hydrogens is 436 g/mol. The van der Waals surface area contributed by atoms with Gasteiger partial charge in [-0.3, -0.25) is 0 Å². The predicted octanol–water partition coefficient (Wildman–Crippen LogP) is 9.20. The van der Waals surface area contributed by atoms with Gasteiger partial charge in [0, 0.05) is 27.6 Å². The van der Waals surface area contributed by atoms with Crippen molar-refractivity contribution < 1.29 is 0 Å². The SMILES string of the molecule is Cc1ccc(N2c3ccccc3C(C)(C)c3cc4c5ccccc5n(-c5ccccc5)c4cc32)cc1. The van der Waals surface area contributed by atoms with Gasteiger partial charge in [-0.2, -0.15) is 0 Å². The van der Waals surface area contributed by atoms with E-state index in [2.05, 4.69) is 145 Å². The van der Waals surface area contributed by atoms with E-state index in [0.29, 0.717) is 0 Å². The van der Waals surface area contributed by atoms with E-state index in [1.807, 2.05) is 0 Å². The third-order valence-corrected chi connectivity index (χ3v) is 7.83. The fourth-order valence-corrected chi connectivity index (χ4v) is 5.99. The van der Waals surface area contributed by atoms with Gasteiger partial charge in [0.1, 0.15) is 0 Å². The molecule has 174 valence electrons. The van der Waals surface area contributed by atoms with Crippen molar-refractivity contribution in [2.24, 2.45) is 0 Å². The lowest BCUT2D eigenvalue weighted by Gasteiger charge is -2.42. The average Bonchev–Trinajstić information content (AvgIpc) is 3.23. The number of benzene rings is 5. The Kier molecular flexibility index (Phi) is 4.44. The predicted molar refractivity (Wildman–Crippen MR) is 152 cm³/mol. The summed E-state index contributed by atoms with van der Waals surface area (Å²) in [5, 5.41) is 2.58. The van der Waals surface area contributed by atoms with Crippen LogP contribution in [0.1, 0.15) is 30.5 Å². The highest BCUT2D eigenvalue weighted by Gasteiger charge is 2.37. The largest absolute Gasteiger partial charge is 0.310 e. The number of para-hydroxylation sites is 3. The number of aryl methyl sites for hydroxylation is 1. The first-order chi connectivity index (χ1) is 17.5. The van der Waals surface area contributed by atoms with E-state index in [0.717, 1.165) is 0 Å². The second-order valence-corrected chi connectivity index (χ2v) is 10.4. The van der Waals surface area contributed by atoms with Crippen LogP contribution in [0.4, 0.5) is 17.1 Å². The Morgan fingerprint density at radius 1 is 0.528 bits per heavy atom. The zero-order valence-corrected chi connectivity index (χ0v) is 20.9. The average molecular weight is 465 g/mol. The molecule has 0 saturated heterocycles. The molecule has 0 spiro atoms. The number of nitrogens with zero attached hydrogens (tertiary/aromatic N) is 2. The first kappa shape index (κ1) is 21.0. The Bertz CT molecular complexity index is 1760. The number of rotatable bonds is 2. The van der Waals surface area contributed by atoms with Crippen LogP contribution in [0.15, 0.2) is 115 Å². The molecule has 0 amide bonds. The standard InChI is InChI=1S/C34H28N2/c1-23-17-19-25(20-18-23)36-31-16-10-8-14-28(31)34(2,3)29-21-27-26-13-7-9-15-30(26)35(32(27)22-33(29)36)24-11-5-4-6-12-24/h4-22H,1-3H3. The monoisotopic (exact) mass is 464 g/mol. The van der Waals surface area contributed by atoms with Crippen molar-refractivity contribution in [2.45, 2.75) is 26.2 Å². The summed E-state index contributed by atoms with van der Waals surface area (Å²) in [6, 6.07) is 42.1. The molecule has 7 rings (SSSR count). The summed E-state index contributed by atoms with van der Waals surface area (Å²) in [7, 11) is 0. The lowest BCUT2D eigenvalue weighted by atomic mass is 9.73. The van der Waals surface area contributed by atoms with Crippen LogP contribution >= 0.6 is 0 Å². The molecule has 1 aromatic heterocycles. The Balaban J connectivity index is 1.62. The van der Waals surface area contributed by atoms with E-state index in [1.54, 1.807) is 0 Å². The van der Waals surface area contributed by atoms with Crippen molar-refractivity contribution in [1.82, 2.24) is 4.57 Å². The number of anilines is 3. The van der Waals surface area contributed by atoms with Gasteiger partial charge in [0.25, 0.3) is 0 Å². The van der Waals surface area contributed by atoms with E-state index >= 15 is 0 Å². The van der Waals surface area contributed by atoms with Crippen LogP contribution in [0.25, 0.3) is 27.5 Å². The molecule has 36 heavy (non-hydrogen) atoms. The normalized spacial score (nSPS) is 14.1. The second kappa shape index (κ2) is 7.60. The smallest absolute Gasteiger partial charge is 0.0562 e. The maximum absolute atomic E-state index is 2.45. The third-order valence-electron chi connectivity index (χ3n) is 7.83. The van der Waals surface area contributed by atoms with Crippen LogP contribution in [-0.2, 0) is 5.41 Å². The van der Waals surface area contributed by atoms with Crippen molar-refractivity contribution in [2.75, 3.05) is 4.90 Å². The van der Waals surface area contributed by atoms with Crippen LogP contribution in [0.5, 0.6) is 0 Å². The first-order valence-electron chi connectivity index (χ1n) is 12.6. The molecule has 0 aliphatic carbocycles. The highest BCUT2D eigenvalue weighted by molar-refractivity contribution is 6.11. The van der Waals surface area contributed by atoms with Crippen LogP contribution in [0.3, 0.4) is 0 Å². The molecule has 2 heteroatoms. The summed E-state index contributed by atoms with van der Waals surface area (Å²) in [6.07, 6.45) is 0. The minimum absolute atomic E-state index is 0.128. The lowest BCUT2D eigenvalue weighted by Crippen LogP contribution is -2.30. The maximum atomic E-state index is 2.45. The topological polar surface area (TPSA) is 8.17 Å². The summed E-state index contributed by atoms with van der Waals surface area (Å²) in [6.45, 7) is 6.87. The van der Waals surface area contributed by atoms with Gasteiger partial charge >= 0.3 is 0 Å². The van der Waals surface area contributed by atoms with Gasteiger partial charge in [0.2, 0.25) is 0 Å². The number of aromatic nitrogens is 1. The van der Waals surface area contributed by atoms with Gasteiger partial charge in [-0.15, -0.1) is 0 Å². The molecule has 0 fully saturated rings. The highest BCUT2D eigenvalue weighted by atomic mass is 15.2. The third kappa shape index (κ3) is 2.91. The van der Waals surface area contributed by atoms with Crippen molar-refractivity contribution in [1.29, 1.82) is 0 Å². The van der Waals surface area contributed by atoms with E-state index in [1.165, 1.54) is 61.2 Å². The molecule has 1 aliphatic heterocycles. The molecule has 0 bridgehead atoms. The Morgan fingerprint density at radius 3 is 2.03 bits per heavy atom. The molecule has 0 atom stereocenters. The van der Waals surface area contributed by atoms with Crippen LogP contribution < -0.4 is 4.90 Å². The maximum Gasteiger partial charge on any atom is 0.0562 e. The van der Waals surface area contributed by atoms with Gasteiger partial charge in [0.05, 0.1) is 22.4 Å². The van der Waals surface area contributed by atoms with Crippen molar-refractivity contribution in [3.05, 3.63) is 132 Å². The molecule has 0 N–H and O–H groups in total. The van der Waals surface area contributed by atoms with Gasteiger partial charge in [0.15, 0.2) is 0 Å². The molecule has 2 heterocycles. The van der Waals surface area contributed by atoms with E-state index in [4.69, 9.17) is 0 Å². The molecule has 6 aromatic rings. The van der Waals surface area contributed by atoms with Crippen molar-refractivity contribution in [3.8, 4) is 5.69 Å². The first-order valence-corrected chi connectivity index (χ1v) is 12.6. The Morgan fingerprint density at radius 2 is 1.22 bits per heavy atom. The summed E-state index contributed by atoms with van der Waals surface area (Å²) in [5.41, 5.74) is 11.2. The molecule has 5 aromatic carbocycles. The Hall–Kier alpha value is -4.30. The van der Waals surface area contributed by atoms with Gasteiger partial charge in [-0.25, -0.2) is 0 Å². The zero-order valence-electron chi connectivity index (χ0n) is 20.9. The van der Waals surface area contributed by atoms with E-state index < -0.39 is 0 Å². The molecule has 0 saturated carbocycles. The van der Waals surface area contributed by atoms with Crippen molar-refractivity contribution in [3.63, 3.8) is 0 Å². The summed E-state index contributed by atoms with van der Waals surface area (Å²) in [4.78, 5) is 2.45. The number of fused-ring (bicyclic) bond motifs is 5. The second-order valence-electron chi connectivity index (χ2n) is 10.4.